The molecule has 1 aromatic heterocycles. The molecular weight excluding hydrogens is 278 g/mol. The van der Waals surface area contributed by atoms with E-state index >= 15 is 0 Å². The second-order valence-electron chi connectivity index (χ2n) is 4.94. The van der Waals surface area contributed by atoms with Gasteiger partial charge in [-0.25, -0.2) is 4.98 Å². The lowest BCUT2D eigenvalue weighted by atomic mass is 9.91. The summed E-state index contributed by atoms with van der Waals surface area (Å²) in [7, 11) is 1.75. The van der Waals surface area contributed by atoms with Crippen molar-refractivity contribution in [1.82, 2.24) is 9.88 Å². The average Bonchev–Trinajstić information content (AvgIpc) is 2.41. The largest absolute Gasteiger partial charge is 0.396 e. The van der Waals surface area contributed by atoms with Crippen LogP contribution in [0.5, 0.6) is 0 Å². The number of aromatic nitrogens is 1. The number of nitrogens with one attached hydrogen (secondary N) is 1. The molecule has 0 radical (unpaired) electrons. The van der Waals surface area contributed by atoms with Gasteiger partial charge in [-0.2, -0.15) is 0 Å². The van der Waals surface area contributed by atoms with E-state index in [4.69, 9.17) is 16.7 Å². The molecule has 2 rings (SSSR count). The predicted octanol–water partition coefficient (Wildman–Crippen LogP) is 2.15. The fraction of sp³-hybridized carbons (Fsp3) is 0.571. The highest BCUT2D eigenvalue weighted by molar-refractivity contribution is 6.33. The monoisotopic (exact) mass is 297 g/mol. The average molecular weight is 298 g/mol. The van der Waals surface area contributed by atoms with E-state index in [-0.39, 0.29) is 24.2 Å². The van der Waals surface area contributed by atoms with E-state index in [1.165, 1.54) is 0 Å². The fourth-order valence-electron chi connectivity index (χ4n) is 2.26. The van der Waals surface area contributed by atoms with Crippen LogP contribution in [0.3, 0.4) is 0 Å². The highest BCUT2D eigenvalue weighted by atomic mass is 35.5. The van der Waals surface area contributed by atoms with Crippen molar-refractivity contribution in [2.75, 3.05) is 25.5 Å². The molecule has 1 amide bonds. The van der Waals surface area contributed by atoms with Crippen LogP contribution >= 0.6 is 11.6 Å². The van der Waals surface area contributed by atoms with Gasteiger partial charge in [0.05, 0.1) is 5.02 Å². The third-order valence-electron chi connectivity index (χ3n) is 3.64. The van der Waals surface area contributed by atoms with Gasteiger partial charge in [0.2, 0.25) is 0 Å². The molecule has 0 spiro atoms. The molecule has 2 N–H and O–H groups in total. The summed E-state index contributed by atoms with van der Waals surface area (Å²) < 4.78 is 0. The molecule has 0 aliphatic heterocycles. The summed E-state index contributed by atoms with van der Waals surface area (Å²) in [6, 6.07) is 3.67. The molecule has 1 aromatic rings. The Labute approximate surface area is 123 Å². The molecule has 1 aliphatic carbocycles. The number of pyridine rings is 1. The van der Waals surface area contributed by atoms with Crippen LogP contribution in [0.2, 0.25) is 5.02 Å². The molecule has 0 bridgehead atoms. The number of anilines is 1. The van der Waals surface area contributed by atoms with Gasteiger partial charge in [0.15, 0.2) is 0 Å². The Morgan fingerprint density at radius 3 is 2.85 bits per heavy atom. The SMILES string of the molecule is CNc1ccc(Cl)c(C(=O)N(CCCO)C2CCC2)n1. The molecule has 20 heavy (non-hydrogen) atoms. The Morgan fingerprint density at radius 2 is 2.30 bits per heavy atom. The van der Waals surface area contributed by atoms with E-state index in [0.29, 0.717) is 23.8 Å². The van der Waals surface area contributed by atoms with Crippen LogP contribution in [0.1, 0.15) is 36.2 Å². The van der Waals surface area contributed by atoms with Crippen LogP contribution in [0, 0.1) is 0 Å². The number of halogens is 1. The van der Waals surface area contributed by atoms with Crippen molar-refractivity contribution in [3.8, 4) is 0 Å². The molecule has 0 saturated heterocycles. The standard InChI is InChI=1S/C14H20ClN3O2/c1-16-12-7-6-11(15)13(17-12)14(20)18(8-3-9-19)10-4-2-5-10/h6-7,10,19H,2-5,8-9H2,1H3,(H,16,17). The van der Waals surface area contributed by atoms with Crippen LogP contribution < -0.4 is 5.32 Å². The topological polar surface area (TPSA) is 65.5 Å². The van der Waals surface area contributed by atoms with Crippen LogP contribution in [0.4, 0.5) is 5.82 Å². The Hall–Kier alpha value is -1.33. The first-order valence-corrected chi connectivity index (χ1v) is 7.31. The zero-order valence-corrected chi connectivity index (χ0v) is 12.4. The number of hydrogen-bond donors (Lipinski definition) is 2. The molecule has 0 unspecified atom stereocenters. The summed E-state index contributed by atoms with van der Waals surface area (Å²) in [5.41, 5.74) is 0.281. The van der Waals surface area contributed by atoms with Crippen molar-refractivity contribution in [3.63, 3.8) is 0 Å². The number of aliphatic hydroxyl groups is 1. The maximum atomic E-state index is 12.6. The molecule has 1 heterocycles. The smallest absolute Gasteiger partial charge is 0.274 e. The van der Waals surface area contributed by atoms with E-state index in [9.17, 15) is 4.79 Å². The predicted molar refractivity (Wildman–Crippen MR) is 79.2 cm³/mol. The zero-order valence-electron chi connectivity index (χ0n) is 11.6. The molecule has 0 atom stereocenters. The first-order valence-electron chi connectivity index (χ1n) is 6.93. The summed E-state index contributed by atoms with van der Waals surface area (Å²) in [6.45, 7) is 0.621. The highest BCUT2D eigenvalue weighted by Crippen LogP contribution is 2.28. The van der Waals surface area contributed by atoms with Crippen molar-refractivity contribution in [3.05, 3.63) is 22.8 Å². The van der Waals surface area contributed by atoms with Gasteiger partial charge in [-0.1, -0.05) is 11.6 Å². The molecule has 110 valence electrons. The van der Waals surface area contributed by atoms with Gasteiger partial charge in [-0.15, -0.1) is 0 Å². The summed E-state index contributed by atoms with van der Waals surface area (Å²) in [4.78, 5) is 18.7. The van der Waals surface area contributed by atoms with Gasteiger partial charge in [0.25, 0.3) is 5.91 Å². The Morgan fingerprint density at radius 1 is 1.55 bits per heavy atom. The second kappa shape index (κ2) is 6.90. The number of aliphatic hydroxyl groups excluding tert-OH is 1. The lowest BCUT2D eigenvalue weighted by Crippen LogP contribution is -2.45. The molecule has 1 aliphatic rings. The van der Waals surface area contributed by atoms with Crippen LogP contribution in [-0.2, 0) is 0 Å². The van der Waals surface area contributed by atoms with Crippen molar-refractivity contribution in [2.24, 2.45) is 0 Å². The van der Waals surface area contributed by atoms with Gasteiger partial charge < -0.3 is 15.3 Å². The second-order valence-corrected chi connectivity index (χ2v) is 5.34. The Kier molecular flexibility index (Phi) is 5.20. The Bertz CT molecular complexity index is 477. The van der Waals surface area contributed by atoms with Crippen molar-refractivity contribution >= 4 is 23.3 Å². The summed E-state index contributed by atoms with van der Waals surface area (Å²) >= 11 is 6.10. The number of hydrogen-bond acceptors (Lipinski definition) is 4. The minimum atomic E-state index is -0.148. The summed E-state index contributed by atoms with van der Waals surface area (Å²) in [5, 5.41) is 12.3. The van der Waals surface area contributed by atoms with Gasteiger partial charge in [0.1, 0.15) is 11.5 Å². The van der Waals surface area contributed by atoms with Crippen molar-refractivity contribution < 1.29 is 9.90 Å². The normalized spacial score (nSPS) is 14.8. The molecule has 1 saturated carbocycles. The molecule has 0 aromatic carbocycles. The van der Waals surface area contributed by atoms with Crippen LogP contribution in [0.15, 0.2) is 12.1 Å². The molecule has 5 nitrogen and oxygen atoms in total. The van der Waals surface area contributed by atoms with E-state index in [1.54, 1.807) is 24.1 Å². The lowest BCUT2D eigenvalue weighted by Gasteiger charge is -2.37. The summed E-state index contributed by atoms with van der Waals surface area (Å²) in [5.74, 6) is 0.471. The van der Waals surface area contributed by atoms with Crippen molar-refractivity contribution in [2.45, 2.75) is 31.7 Å². The third-order valence-corrected chi connectivity index (χ3v) is 3.94. The van der Waals surface area contributed by atoms with Crippen LogP contribution in [-0.4, -0.2) is 47.1 Å². The molecule has 1 fully saturated rings. The van der Waals surface area contributed by atoms with Gasteiger partial charge in [-0.05, 0) is 37.8 Å². The quantitative estimate of drug-likeness (QED) is 0.844. The number of amides is 1. The zero-order chi connectivity index (χ0) is 14.5. The fourth-order valence-corrected chi connectivity index (χ4v) is 2.44. The molecular formula is C14H20ClN3O2. The molecule has 6 heteroatoms. The van der Waals surface area contributed by atoms with Crippen molar-refractivity contribution in [1.29, 1.82) is 0 Å². The lowest BCUT2D eigenvalue weighted by molar-refractivity contribution is 0.0557. The van der Waals surface area contributed by atoms with E-state index in [2.05, 4.69) is 10.3 Å². The van der Waals surface area contributed by atoms with Crippen LogP contribution in [0.25, 0.3) is 0 Å². The van der Waals surface area contributed by atoms with Gasteiger partial charge in [0, 0.05) is 26.2 Å². The number of carbonyl (C=O) groups excluding carboxylic acids is 1. The number of rotatable bonds is 6. The van der Waals surface area contributed by atoms with Gasteiger partial charge >= 0.3 is 0 Å². The summed E-state index contributed by atoms with van der Waals surface area (Å²) in [6.07, 6.45) is 3.75. The number of nitrogens with zero attached hydrogens (tertiary/aromatic N) is 2. The minimum absolute atomic E-state index is 0.0776. The first-order chi connectivity index (χ1) is 9.67. The minimum Gasteiger partial charge on any atom is -0.396 e. The maximum Gasteiger partial charge on any atom is 0.274 e. The first kappa shape index (κ1) is 15.1. The van der Waals surface area contributed by atoms with E-state index < -0.39 is 0 Å². The third kappa shape index (κ3) is 3.22. The van der Waals surface area contributed by atoms with Gasteiger partial charge in [-0.3, -0.25) is 4.79 Å². The van der Waals surface area contributed by atoms with E-state index in [1.807, 2.05) is 0 Å². The van der Waals surface area contributed by atoms with E-state index in [0.717, 1.165) is 19.3 Å². The highest BCUT2D eigenvalue weighted by Gasteiger charge is 2.30. The number of carbonyl (C=O) groups is 1. The maximum absolute atomic E-state index is 12.6. The Balaban J connectivity index is 2.21.